The highest BCUT2D eigenvalue weighted by molar-refractivity contribution is 5.78. The summed E-state index contributed by atoms with van der Waals surface area (Å²) < 4.78 is 1.24. The largest absolute Gasteiger partial charge is 0.360 e. The van der Waals surface area contributed by atoms with Gasteiger partial charge in [0, 0.05) is 17.8 Å². The van der Waals surface area contributed by atoms with Crippen LogP contribution in [0.4, 0.5) is 0 Å². The Labute approximate surface area is 56.4 Å². The summed E-state index contributed by atoms with van der Waals surface area (Å²) in [5, 5.41) is 3.73. The molecule has 2 aromatic rings. The molecule has 50 valence electrons. The zero-order valence-electron chi connectivity index (χ0n) is 5.11. The van der Waals surface area contributed by atoms with Crippen LogP contribution in [-0.2, 0) is 0 Å². The van der Waals surface area contributed by atoms with Crippen molar-refractivity contribution in [2.24, 2.45) is 5.29 Å². The maximum absolute atomic E-state index is 9.97. The fourth-order valence-electron chi connectivity index (χ4n) is 0.978. The Morgan fingerprint density at radius 1 is 1.50 bits per heavy atom. The van der Waals surface area contributed by atoms with Gasteiger partial charge in [0.05, 0.1) is 17.0 Å². The third-order valence-electron chi connectivity index (χ3n) is 1.44. The zero-order chi connectivity index (χ0) is 6.97. The molecule has 0 aliphatic carbocycles. The minimum Gasteiger partial charge on any atom is -0.360 e. The molecule has 0 aromatic carbocycles. The minimum absolute atomic E-state index is 0.930. The predicted octanol–water partition coefficient (Wildman–Crippen LogP) is 1.50. The van der Waals surface area contributed by atoms with E-state index >= 15 is 0 Å². The molecule has 0 unspecified atom stereocenters. The van der Waals surface area contributed by atoms with Gasteiger partial charge in [-0.1, -0.05) is 0 Å². The highest BCUT2D eigenvalue weighted by Crippen LogP contribution is 2.11. The van der Waals surface area contributed by atoms with Crippen LogP contribution in [0.15, 0.2) is 29.9 Å². The molecule has 0 aliphatic heterocycles. The lowest BCUT2D eigenvalue weighted by atomic mass is 10.4. The van der Waals surface area contributed by atoms with E-state index in [2.05, 4.69) is 10.3 Å². The summed E-state index contributed by atoms with van der Waals surface area (Å²) in [6.07, 6.45) is 5.13. The van der Waals surface area contributed by atoms with E-state index in [1.54, 1.807) is 12.4 Å². The molecule has 0 saturated heterocycles. The molecular formula is C6H5N3O. The molecule has 0 spiro atoms. The second-order valence-electron chi connectivity index (χ2n) is 2.07. The van der Waals surface area contributed by atoms with Gasteiger partial charge in [-0.15, -0.1) is 4.91 Å². The smallest absolute Gasteiger partial charge is 0.0657 e. The molecule has 1 N–H and O–H groups in total. The fraction of sp³-hybridized carbons (Fsp3) is 0. The fourth-order valence-corrected chi connectivity index (χ4v) is 0.978. The Morgan fingerprint density at radius 2 is 2.40 bits per heavy atom. The van der Waals surface area contributed by atoms with E-state index < -0.39 is 0 Å². The summed E-state index contributed by atoms with van der Waals surface area (Å²) in [6, 6.07) is 1.89. The first-order valence-corrected chi connectivity index (χ1v) is 2.89. The van der Waals surface area contributed by atoms with Crippen molar-refractivity contribution in [3.8, 4) is 0 Å². The monoisotopic (exact) mass is 135 g/mol. The van der Waals surface area contributed by atoms with Crippen molar-refractivity contribution in [3.63, 3.8) is 0 Å². The number of rotatable bonds is 1. The normalized spacial score (nSPS) is 10.4. The van der Waals surface area contributed by atoms with Gasteiger partial charge >= 0.3 is 0 Å². The molecule has 0 radical (unpaired) electrons. The van der Waals surface area contributed by atoms with E-state index in [9.17, 15) is 4.91 Å². The Kier molecular flexibility index (Phi) is 0.887. The predicted molar refractivity (Wildman–Crippen MR) is 37.5 cm³/mol. The second-order valence-corrected chi connectivity index (χ2v) is 2.07. The van der Waals surface area contributed by atoms with Crippen LogP contribution in [0.25, 0.3) is 10.9 Å². The van der Waals surface area contributed by atoms with Crippen LogP contribution in [0.2, 0.25) is 0 Å². The van der Waals surface area contributed by atoms with E-state index in [0.717, 1.165) is 10.9 Å². The number of nitrogens with zero attached hydrogens (tertiary/aromatic N) is 2. The lowest BCUT2D eigenvalue weighted by Crippen LogP contribution is -1.76. The Morgan fingerprint density at radius 3 is 3.10 bits per heavy atom. The van der Waals surface area contributed by atoms with E-state index in [4.69, 9.17) is 0 Å². The third kappa shape index (κ3) is 0.556. The van der Waals surface area contributed by atoms with Gasteiger partial charge in [-0.3, -0.25) is 0 Å². The molecule has 0 atom stereocenters. The van der Waals surface area contributed by atoms with E-state index in [0.29, 0.717) is 0 Å². The Bertz CT molecular complexity index is 331. The van der Waals surface area contributed by atoms with Gasteiger partial charge in [-0.2, -0.15) is 0 Å². The summed E-state index contributed by atoms with van der Waals surface area (Å²) >= 11 is 0. The van der Waals surface area contributed by atoms with Gasteiger partial charge in [0.1, 0.15) is 0 Å². The van der Waals surface area contributed by atoms with E-state index in [-0.39, 0.29) is 0 Å². The van der Waals surface area contributed by atoms with Crippen molar-refractivity contribution in [2.75, 3.05) is 0 Å². The summed E-state index contributed by atoms with van der Waals surface area (Å²) in [7, 11) is 0. The Balaban J connectivity index is 2.78. The maximum Gasteiger partial charge on any atom is 0.0657 e. The first kappa shape index (κ1) is 5.22. The summed E-state index contributed by atoms with van der Waals surface area (Å²) in [5.41, 5.74) is 0.930. The van der Waals surface area contributed by atoms with Crippen molar-refractivity contribution in [1.82, 2.24) is 9.66 Å². The number of nitroso groups, excluding NO2 is 1. The van der Waals surface area contributed by atoms with Crippen LogP contribution in [0, 0.1) is 4.91 Å². The van der Waals surface area contributed by atoms with Crippen molar-refractivity contribution >= 4 is 10.9 Å². The molecule has 0 bridgehead atoms. The van der Waals surface area contributed by atoms with Gasteiger partial charge < -0.3 is 4.98 Å². The molecule has 4 heteroatoms. The van der Waals surface area contributed by atoms with Crippen LogP contribution in [0.3, 0.4) is 0 Å². The van der Waals surface area contributed by atoms with E-state index in [1.807, 2.05) is 12.3 Å². The molecule has 0 amide bonds. The van der Waals surface area contributed by atoms with Crippen LogP contribution >= 0.6 is 0 Å². The maximum atomic E-state index is 9.97. The summed E-state index contributed by atoms with van der Waals surface area (Å²) in [5.74, 6) is 0. The van der Waals surface area contributed by atoms with Gasteiger partial charge in [0.2, 0.25) is 0 Å². The number of aromatic amines is 1. The molecule has 0 saturated carbocycles. The van der Waals surface area contributed by atoms with Crippen molar-refractivity contribution < 1.29 is 0 Å². The van der Waals surface area contributed by atoms with Gasteiger partial charge in [-0.05, 0) is 6.07 Å². The highest BCUT2D eigenvalue weighted by Gasteiger charge is 1.96. The number of hydrogen-bond acceptors (Lipinski definition) is 2. The van der Waals surface area contributed by atoms with Crippen molar-refractivity contribution in [2.45, 2.75) is 0 Å². The average molecular weight is 135 g/mol. The van der Waals surface area contributed by atoms with Crippen molar-refractivity contribution in [3.05, 3.63) is 29.6 Å². The summed E-state index contributed by atoms with van der Waals surface area (Å²) in [4.78, 5) is 12.9. The second kappa shape index (κ2) is 1.70. The number of hydrogen-bond donors (Lipinski definition) is 1. The van der Waals surface area contributed by atoms with Crippen molar-refractivity contribution in [1.29, 1.82) is 0 Å². The first-order valence-electron chi connectivity index (χ1n) is 2.89. The van der Waals surface area contributed by atoms with E-state index in [1.165, 1.54) is 4.68 Å². The lowest BCUT2D eigenvalue weighted by molar-refractivity contribution is 0.879. The summed E-state index contributed by atoms with van der Waals surface area (Å²) in [6.45, 7) is 0. The molecule has 10 heavy (non-hydrogen) atoms. The molecule has 0 fully saturated rings. The third-order valence-corrected chi connectivity index (χ3v) is 1.44. The molecule has 2 heterocycles. The average Bonchev–Trinajstić information content (AvgIpc) is 2.42. The minimum atomic E-state index is 0.930. The quantitative estimate of drug-likeness (QED) is 0.592. The number of H-pyrrole nitrogens is 1. The molecule has 4 nitrogen and oxygen atoms in total. The Hall–Kier alpha value is -1.58. The lowest BCUT2D eigenvalue weighted by Gasteiger charge is -1.78. The van der Waals surface area contributed by atoms with Crippen LogP contribution in [0.1, 0.15) is 0 Å². The first-order chi connectivity index (χ1) is 4.90. The zero-order valence-corrected chi connectivity index (χ0v) is 5.11. The van der Waals surface area contributed by atoms with Crippen LogP contribution < -0.4 is 0 Å². The molecule has 0 aliphatic rings. The van der Waals surface area contributed by atoms with Gasteiger partial charge in [-0.25, -0.2) is 4.68 Å². The molecule has 2 aromatic heterocycles. The number of fused-ring (bicyclic) bond motifs is 1. The van der Waals surface area contributed by atoms with Crippen LogP contribution in [-0.4, -0.2) is 9.66 Å². The highest BCUT2D eigenvalue weighted by atomic mass is 16.3. The number of nitrogens with one attached hydrogen (secondary N) is 1. The van der Waals surface area contributed by atoms with Crippen LogP contribution in [0.5, 0.6) is 0 Å². The van der Waals surface area contributed by atoms with Gasteiger partial charge in [0.25, 0.3) is 0 Å². The standard InChI is InChI=1S/C6H5N3O/c10-8-9-3-5-1-2-7-6(5)4-9/h1-4,7H. The topological polar surface area (TPSA) is 50.1 Å². The number of aromatic nitrogens is 2. The molecule has 2 rings (SSSR count). The SMILES string of the molecule is O=Nn1cc2cc[nH]c2c1. The molecular weight excluding hydrogens is 130 g/mol. The van der Waals surface area contributed by atoms with Gasteiger partial charge in [0.15, 0.2) is 0 Å².